The summed E-state index contributed by atoms with van der Waals surface area (Å²) in [4.78, 5) is 9.28. The summed E-state index contributed by atoms with van der Waals surface area (Å²) in [5.74, 6) is 0. The molecule has 0 fully saturated rings. The Balaban J connectivity index is 3.18. The van der Waals surface area contributed by atoms with Gasteiger partial charge in [0.05, 0.1) is 18.1 Å². The number of nitro groups is 1. The van der Waals surface area contributed by atoms with Crippen molar-refractivity contribution < 1.29 is 18.5 Å². The number of nitriles is 1. The highest BCUT2D eigenvalue weighted by Gasteiger charge is 2.38. The summed E-state index contributed by atoms with van der Waals surface area (Å²) < 4.78 is 23.3. The average molecular weight is 330 g/mol. The number of rotatable bonds is 8. The van der Waals surface area contributed by atoms with Gasteiger partial charge in [-0.05, 0) is 31.2 Å². The molecule has 0 radical (unpaired) electrons. The SMILES string of the molecule is CCOP(=O)(OCC)C(SC#N)c1ccc([N+](=O)[O-])cc1. The van der Waals surface area contributed by atoms with E-state index in [1.807, 2.05) is 5.40 Å². The van der Waals surface area contributed by atoms with E-state index in [1.165, 1.54) is 24.3 Å². The molecule has 0 N–H and O–H groups in total. The van der Waals surface area contributed by atoms with Crippen molar-refractivity contribution in [3.05, 3.63) is 39.9 Å². The third kappa shape index (κ3) is 4.55. The van der Waals surface area contributed by atoms with Gasteiger partial charge < -0.3 is 9.05 Å². The highest BCUT2D eigenvalue weighted by atomic mass is 32.2. The normalized spacial score (nSPS) is 12.6. The number of thiocyanates is 1. The molecule has 1 unspecified atom stereocenters. The number of non-ortho nitro benzene ring substituents is 1. The molecule has 0 heterocycles. The Bertz CT molecular complexity index is 562. The fraction of sp³-hybridized carbons (Fsp3) is 0.417. The fourth-order valence-electron chi connectivity index (χ4n) is 1.66. The zero-order valence-corrected chi connectivity index (χ0v) is 13.3. The minimum Gasteiger partial charge on any atom is -0.308 e. The Morgan fingerprint density at radius 2 is 1.86 bits per heavy atom. The van der Waals surface area contributed by atoms with E-state index in [2.05, 4.69) is 0 Å². The molecule has 0 spiro atoms. The standard InChI is InChI=1S/C12H15N2O5PS/c1-3-18-20(17,19-4-2)12(21-9-13)10-5-7-11(8-6-10)14(15)16/h5-8,12H,3-4H2,1-2H3. The van der Waals surface area contributed by atoms with Crippen LogP contribution in [0.4, 0.5) is 5.69 Å². The van der Waals surface area contributed by atoms with Crippen molar-refractivity contribution in [3.8, 4) is 5.40 Å². The van der Waals surface area contributed by atoms with E-state index in [-0.39, 0.29) is 18.9 Å². The molecule has 0 aliphatic heterocycles. The van der Waals surface area contributed by atoms with Crippen LogP contribution in [0.25, 0.3) is 0 Å². The van der Waals surface area contributed by atoms with Crippen LogP contribution in [0, 0.1) is 20.8 Å². The Hall–Kier alpha value is -1.39. The van der Waals surface area contributed by atoms with Crippen LogP contribution >= 0.6 is 19.4 Å². The van der Waals surface area contributed by atoms with Crippen LogP contribution in [0.15, 0.2) is 24.3 Å². The lowest BCUT2D eigenvalue weighted by Crippen LogP contribution is -2.04. The Morgan fingerprint density at radius 3 is 2.24 bits per heavy atom. The largest absolute Gasteiger partial charge is 0.349 e. The van der Waals surface area contributed by atoms with E-state index < -0.39 is 17.5 Å². The molecular weight excluding hydrogens is 315 g/mol. The third-order valence-corrected chi connectivity index (χ3v) is 6.26. The summed E-state index contributed by atoms with van der Waals surface area (Å²) in [7, 11) is -3.54. The highest BCUT2D eigenvalue weighted by molar-refractivity contribution is 8.08. The van der Waals surface area contributed by atoms with Crippen molar-refractivity contribution in [2.45, 2.75) is 18.8 Å². The maximum absolute atomic E-state index is 12.8. The lowest BCUT2D eigenvalue weighted by molar-refractivity contribution is -0.384. The van der Waals surface area contributed by atoms with E-state index in [0.29, 0.717) is 5.56 Å². The molecule has 21 heavy (non-hydrogen) atoms. The van der Waals surface area contributed by atoms with Gasteiger partial charge in [0.1, 0.15) is 10.4 Å². The lowest BCUT2D eigenvalue weighted by atomic mass is 10.2. The van der Waals surface area contributed by atoms with Gasteiger partial charge in [-0.1, -0.05) is 12.1 Å². The highest BCUT2D eigenvalue weighted by Crippen LogP contribution is 2.65. The fourth-order valence-corrected chi connectivity index (χ4v) is 4.68. The lowest BCUT2D eigenvalue weighted by Gasteiger charge is -2.24. The van der Waals surface area contributed by atoms with E-state index in [9.17, 15) is 14.7 Å². The van der Waals surface area contributed by atoms with Crippen molar-refractivity contribution in [2.75, 3.05) is 13.2 Å². The van der Waals surface area contributed by atoms with Gasteiger partial charge in [0.15, 0.2) is 0 Å². The quantitative estimate of drug-likeness (QED) is 0.306. The van der Waals surface area contributed by atoms with Gasteiger partial charge in [-0.15, -0.1) is 0 Å². The van der Waals surface area contributed by atoms with Crippen LogP contribution in [-0.2, 0) is 13.6 Å². The first kappa shape index (κ1) is 17.7. The van der Waals surface area contributed by atoms with E-state index >= 15 is 0 Å². The predicted octanol–water partition coefficient (Wildman–Crippen LogP) is 4.07. The molecule has 0 amide bonds. The number of nitro benzene ring substituents is 1. The predicted molar refractivity (Wildman–Crippen MR) is 79.9 cm³/mol. The van der Waals surface area contributed by atoms with Gasteiger partial charge in [0.2, 0.25) is 0 Å². The van der Waals surface area contributed by atoms with Crippen molar-refractivity contribution in [1.82, 2.24) is 0 Å². The zero-order chi connectivity index (χ0) is 15.9. The molecule has 9 heteroatoms. The summed E-state index contributed by atoms with van der Waals surface area (Å²) in [6.45, 7) is 3.70. The van der Waals surface area contributed by atoms with Crippen LogP contribution in [-0.4, -0.2) is 18.1 Å². The maximum atomic E-state index is 12.8. The van der Waals surface area contributed by atoms with Gasteiger partial charge in [-0.25, -0.2) is 0 Å². The molecule has 0 aliphatic rings. The first-order valence-electron chi connectivity index (χ1n) is 6.16. The van der Waals surface area contributed by atoms with Crippen LogP contribution < -0.4 is 0 Å². The van der Waals surface area contributed by atoms with Gasteiger partial charge in [-0.2, -0.15) is 5.26 Å². The molecule has 1 rings (SSSR count). The first-order valence-corrected chi connectivity index (χ1v) is 8.65. The Kier molecular flexibility index (Phi) is 6.85. The summed E-state index contributed by atoms with van der Waals surface area (Å²) in [6.07, 6.45) is 0. The van der Waals surface area contributed by atoms with Gasteiger partial charge >= 0.3 is 7.60 Å². The topological polar surface area (TPSA) is 102 Å². The Morgan fingerprint density at radius 1 is 1.33 bits per heavy atom. The van der Waals surface area contributed by atoms with E-state index in [1.54, 1.807) is 13.8 Å². The maximum Gasteiger partial charge on any atom is 0.349 e. The van der Waals surface area contributed by atoms with E-state index in [0.717, 1.165) is 11.8 Å². The smallest absolute Gasteiger partial charge is 0.308 e. The second-order valence-corrected chi connectivity index (χ2v) is 7.14. The van der Waals surface area contributed by atoms with Crippen LogP contribution in [0.5, 0.6) is 0 Å². The molecule has 7 nitrogen and oxygen atoms in total. The third-order valence-electron chi connectivity index (χ3n) is 2.46. The number of nitrogens with zero attached hydrogens (tertiary/aromatic N) is 2. The summed E-state index contributed by atoms with van der Waals surface area (Å²) in [5.41, 5.74) is 0.402. The molecule has 0 saturated heterocycles. The number of hydrogen-bond acceptors (Lipinski definition) is 7. The van der Waals surface area contributed by atoms with Gasteiger partial charge in [-0.3, -0.25) is 14.7 Å². The first-order chi connectivity index (χ1) is 9.98. The van der Waals surface area contributed by atoms with Crippen molar-refractivity contribution in [2.24, 2.45) is 0 Å². The minimum absolute atomic E-state index is 0.0814. The summed E-state index contributed by atoms with van der Waals surface area (Å²) >= 11 is 0.753. The second kappa shape index (κ2) is 8.15. The molecule has 114 valence electrons. The van der Waals surface area contributed by atoms with Crippen LogP contribution in [0.2, 0.25) is 0 Å². The van der Waals surface area contributed by atoms with E-state index in [4.69, 9.17) is 14.3 Å². The number of benzene rings is 1. The van der Waals surface area contributed by atoms with Crippen molar-refractivity contribution in [1.29, 1.82) is 5.26 Å². The molecule has 1 aromatic carbocycles. The molecule has 1 atom stereocenters. The average Bonchev–Trinajstić information content (AvgIpc) is 2.45. The monoisotopic (exact) mass is 330 g/mol. The Labute approximate surface area is 126 Å². The summed E-state index contributed by atoms with van der Waals surface area (Å²) in [5, 5.41) is 21.4. The number of hydrogen-bond donors (Lipinski definition) is 0. The molecular formula is C12H15N2O5PS. The minimum atomic E-state index is -3.54. The van der Waals surface area contributed by atoms with Crippen LogP contribution in [0.1, 0.15) is 24.4 Å². The molecule has 0 aromatic heterocycles. The van der Waals surface area contributed by atoms with Crippen molar-refractivity contribution in [3.63, 3.8) is 0 Å². The number of thioether (sulfide) groups is 1. The van der Waals surface area contributed by atoms with Crippen molar-refractivity contribution >= 4 is 25.0 Å². The molecule has 0 saturated carbocycles. The summed E-state index contributed by atoms with van der Waals surface area (Å²) in [6, 6.07) is 5.50. The molecule has 1 aromatic rings. The van der Waals surface area contributed by atoms with Gasteiger partial charge in [0.25, 0.3) is 5.69 Å². The van der Waals surface area contributed by atoms with Gasteiger partial charge in [0, 0.05) is 12.1 Å². The zero-order valence-electron chi connectivity index (χ0n) is 11.6. The molecule has 0 aliphatic carbocycles. The van der Waals surface area contributed by atoms with Crippen LogP contribution in [0.3, 0.4) is 0 Å². The second-order valence-electron chi connectivity index (χ2n) is 3.79. The molecule has 0 bridgehead atoms.